The van der Waals surface area contributed by atoms with E-state index in [-0.39, 0.29) is 6.04 Å². The summed E-state index contributed by atoms with van der Waals surface area (Å²) in [5.74, 6) is 0. The first kappa shape index (κ1) is 12.6. The minimum absolute atomic E-state index is 0.187. The number of aromatic nitrogens is 1. The minimum atomic E-state index is -0.187. The molecule has 2 aromatic rings. The highest BCUT2D eigenvalue weighted by Crippen LogP contribution is 2.32. The summed E-state index contributed by atoms with van der Waals surface area (Å²) in [6.45, 7) is 2.01. The Hall–Kier alpha value is -1.44. The Kier molecular flexibility index (Phi) is 3.50. The highest BCUT2D eigenvalue weighted by atomic mass is 79.9. The Bertz CT molecular complexity index is 641. The number of pyridine rings is 1. The molecule has 19 heavy (non-hydrogen) atoms. The maximum atomic E-state index is 9.54. The number of rotatable bonds is 2. The van der Waals surface area contributed by atoms with E-state index in [4.69, 9.17) is 0 Å². The van der Waals surface area contributed by atoms with Crippen LogP contribution in [0.4, 0.5) is 0 Å². The van der Waals surface area contributed by atoms with Crippen LogP contribution < -0.4 is 0 Å². The minimum Gasteiger partial charge on any atom is -0.284 e. The zero-order valence-corrected chi connectivity index (χ0v) is 12.1. The molecule has 0 bridgehead atoms. The van der Waals surface area contributed by atoms with Gasteiger partial charge in [0.15, 0.2) is 0 Å². The van der Waals surface area contributed by atoms with Crippen LogP contribution in [0.5, 0.6) is 0 Å². The summed E-state index contributed by atoms with van der Waals surface area (Å²) in [5, 5.41) is 10.6. The highest BCUT2D eigenvalue weighted by Gasteiger charge is 2.25. The maximum absolute atomic E-state index is 9.54. The van der Waals surface area contributed by atoms with Gasteiger partial charge in [-0.1, -0.05) is 28.1 Å². The zero-order chi connectivity index (χ0) is 13.2. The summed E-state index contributed by atoms with van der Waals surface area (Å²) in [4.78, 5) is 6.72. The molecule has 2 heterocycles. The molecule has 1 aromatic carbocycles. The van der Waals surface area contributed by atoms with Crippen molar-refractivity contribution in [1.82, 2.24) is 9.88 Å². The van der Waals surface area contributed by atoms with E-state index in [1.165, 1.54) is 12.8 Å². The van der Waals surface area contributed by atoms with Crippen molar-refractivity contribution in [1.29, 1.82) is 5.26 Å². The van der Waals surface area contributed by atoms with Crippen LogP contribution in [-0.4, -0.2) is 23.0 Å². The number of halogens is 1. The topological polar surface area (TPSA) is 39.9 Å². The van der Waals surface area contributed by atoms with Crippen molar-refractivity contribution >= 4 is 26.8 Å². The lowest BCUT2D eigenvalue weighted by Crippen LogP contribution is -2.24. The quantitative estimate of drug-likeness (QED) is 0.849. The smallest absolute Gasteiger partial charge is 0.125 e. The largest absolute Gasteiger partial charge is 0.284 e. The van der Waals surface area contributed by atoms with Crippen molar-refractivity contribution in [2.45, 2.75) is 18.9 Å². The zero-order valence-electron chi connectivity index (χ0n) is 10.5. The van der Waals surface area contributed by atoms with Gasteiger partial charge in [-0.15, -0.1) is 0 Å². The van der Waals surface area contributed by atoms with E-state index in [0.29, 0.717) is 0 Å². The van der Waals surface area contributed by atoms with Gasteiger partial charge in [-0.25, -0.2) is 0 Å². The number of fused-ring (bicyclic) bond motifs is 1. The monoisotopic (exact) mass is 315 g/mol. The van der Waals surface area contributed by atoms with E-state index < -0.39 is 0 Å². The fourth-order valence-corrected chi connectivity index (χ4v) is 3.18. The maximum Gasteiger partial charge on any atom is 0.125 e. The Balaban J connectivity index is 2.14. The van der Waals surface area contributed by atoms with E-state index in [1.807, 2.05) is 24.3 Å². The van der Waals surface area contributed by atoms with Crippen LogP contribution in [-0.2, 0) is 0 Å². The van der Waals surface area contributed by atoms with E-state index in [2.05, 4.69) is 31.9 Å². The molecule has 1 fully saturated rings. The van der Waals surface area contributed by atoms with Crippen LogP contribution in [0.15, 0.2) is 34.9 Å². The van der Waals surface area contributed by atoms with Gasteiger partial charge >= 0.3 is 0 Å². The molecular weight excluding hydrogens is 302 g/mol. The average molecular weight is 316 g/mol. The first-order chi connectivity index (χ1) is 9.31. The molecule has 96 valence electrons. The van der Waals surface area contributed by atoms with Crippen molar-refractivity contribution in [3.05, 3.63) is 40.5 Å². The average Bonchev–Trinajstić information content (AvgIpc) is 2.96. The summed E-state index contributed by atoms with van der Waals surface area (Å²) in [6.07, 6.45) is 4.15. The van der Waals surface area contributed by atoms with Crippen LogP contribution in [0.3, 0.4) is 0 Å². The third kappa shape index (κ3) is 2.24. The molecule has 0 aliphatic carbocycles. The Morgan fingerprint density at radius 2 is 2.05 bits per heavy atom. The molecule has 1 aromatic heterocycles. The number of hydrogen-bond donors (Lipinski definition) is 0. The number of likely N-dealkylation sites (tertiary alicyclic amines) is 1. The second kappa shape index (κ2) is 5.28. The lowest BCUT2D eigenvalue weighted by molar-refractivity contribution is 0.295. The van der Waals surface area contributed by atoms with Crippen LogP contribution in [0.2, 0.25) is 0 Å². The predicted octanol–water partition coefficient (Wildman–Crippen LogP) is 3.66. The molecule has 1 aliphatic heterocycles. The molecule has 0 amide bonds. The Morgan fingerprint density at radius 1 is 1.26 bits per heavy atom. The predicted molar refractivity (Wildman–Crippen MR) is 78.6 cm³/mol. The lowest BCUT2D eigenvalue weighted by Gasteiger charge is -2.22. The summed E-state index contributed by atoms with van der Waals surface area (Å²) in [7, 11) is 0. The standard InChI is InChI=1S/C15H14BrN3/c16-13-6-5-12(15-11(13)4-3-7-18-15)14(10-17)19-8-1-2-9-19/h3-7,14H,1-2,8-9H2. The van der Waals surface area contributed by atoms with Crippen LogP contribution in [0.1, 0.15) is 24.4 Å². The van der Waals surface area contributed by atoms with Crippen molar-refractivity contribution in [3.63, 3.8) is 0 Å². The van der Waals surface area contributed by atoms with Gasteiger partial charge in [-0.2, -0.15) is 5.26 Å². The summed E-state index contributed by atoms with van der Waals surface area (Å²) in [6, 6.07) is 10.2. The molecule has 0 saturated carbocycles. The third-order valence-corrected chi connectivity index (χ3v) is 4.36. The van der Waals surface area contributed by atoms with Gasteiger partial charge in [0, 0.05) is 21.6 Å². The highest BCUT2D eigenvalue weighted by molar-refractivity contribution is 9.10. The first-order valence-electron chi connectivity index (χ1n) is 6.48. The number of nitrogens with zero attached hydrogens (tertiary/aromatic N) is 3. The van der Waals surface area contributed by atoms with Gasteiger partial charge in [0.2, 0.25) is 0 Å². The molecule has 0 radical (unpaired) electrons. The molecule has 3 rings (SSSR count). The molecule has 1 unspecified atom stereocenters. The SMILES string of the molecule is N#CC(c1ccc(Br)c2cccnc12)N1CCCC1. The Labute approximate surface area is 121 Å². The number of benzene rings is 1. The normalized spacial score (nSPS) is 17.5. The number of nitriles is 1. The second-order valence-electron chi connectivity index (χ2n) is 4.81. The molecule has 0 spiro atoms. The van der Waals surface area contributed by atoms with E-state index in [1.54, 1.807) is 6.20 Å². The van der Waals surface area contributed by atoms with Gasteiger partial charge < -0.3 is 0 Å². The number of hydrogen-bond acceptors (Lipinski definition) is 3. The molecule has 3 nitrogen and oxygen atoms in total. The summed E-state index contributed by atoms with van der Waals surface area (Å²) in [5.41, 5.74) is 1.94. The van der Waals surface area contributed by atoms with Crippen LogP contribution >= 0.6 is 15.9 Å². The fraction of sp³-hybridized carbons (Fsp3) is 0.333. The van der Waals surface area contributed by atoms with Crippen molar-refractivity contribution in [3.8, 4) is 6.07 Å². The van der Waals surface area contributed by atoms with E-state index in [9.17, 15) is 5.26 Å². The van der Waals surface area contributed by atoms with Gasteiger partial charge in [-0.05, 0) is 38.1 Å². The summed E-state index contributed by atoms with van der Waals surface area (Å²) < 4.78 is 1.03. The van der Waals surface area contributed by atoms with E-state index in [0.717, 1.165) is 34.0 Å². The lowest BCUT2D eigenvalue weighted by atomic mass is 10.0. The van der Waals surface area contributed by atoms with Gasteiger partial charge in [0.25, 0.3) is 0 Å². The fourth-order valence-electron chi connectivity index (χ4n) is 2.73. The van der Waals surface area contributed by atoms with Gasteiger partial charge in [0.1, 0.15) is 6.04 Å². The summed E-state index contributed by atoms with van der Waals surface area (Å²) >= 11 is 3.55. The van der Waals surface area contributed by atoms with Crippen molar-refractivity contribution < 1.29 is 0 Å². The van der Waals surface area contributed by atoms with E-state index >= 15 is 0 Å². The van der Waals surface area contributed by atoms with Crippen LogP contribution in [0.25, 0.3) is 10.9 Å². The van der Waals surface area contributed by atoms with Crippen molar-refractivity contribution in [2.75, 3.05) is 13.1 Å². The molecule has 4 heteroatoms. The van der Waals surface area contributed by atoms with Gasteiger partial charge in [-0.3, -0.25) is 9.88 Å². The van der Waals surface area contributed by atoms with Crippen LogP contribution in [0, 0.1) is 11.3 Å². The molecule has 1 aliphatic rings. The second-order valence-corrected chi connectivity index (χ2v) is 5.67. The molecule has 1 atom stereocenters. The first-order valence-corrected chi connectivity index (χ1v) is 7.27. The molecular formula is C15H14BrN3. The van der Waals surface area contributed by atoms with Gasteiger partial charge in [0.05, 0.1) is 11.6 Å². The van der Waals surface area contributed by atoms with Crippen molar-refractivity contribution in [2.24, 2.45) is 0 Å². The third-order valence-electron chi connectivity index (χ3n) is 3.67. The molecule has 0 N–H and O–H groups in total. The molecule has 1 saturated heterocycles. The Morgan fingerprint density at radius 3 is 2.79 bits per heavy atom.